The molecule has 17 heavy (non-hydrogen) atoms. The van der Waals surface area contributed by atoms with Gasteiger partial charge in [0.05, 0.1) is 13.7 Å². The largest absolute Gasteiger partial charge is 0.496 e. The fourth-order valence-corrected chi connectivity index (χ4v) is 2.60. The Kier molecular flexibility index (Phi) is 4.90. The fourth-order valence-electron chi connectivity index (χ4n) is 1.58. The second-order valence-electron chi connectivity index (χ2n) is 5.08. The van der Waals surface area contributed by atoms with Crippen LogP contribution >= 0.6 is 11.8 Å². The van der Waals surface area contributed by atoms with Crippen LogP contribution < -0.4 is 4.74 Å². The van der Waals surface area contributed by atoms with Gasteiger partial charge in [-0.2, -0.15) is 0 Å². The van der Waals surface area contributed by atoms with Gasteiger partial charge >= 0.3 is 0 Å². The normalized spacial score (nSPS) is 11.9. The molecule has 0 atom stereocenters. The van der Waals surface area contributed by atoms with E-state index in [4.69, 9.17) is 4.74 Å². The number of rotatable bonds is 5. The molecule has 0 saturated carbocycles. The Morgan fingerprint density at radius 1 is 1.35 bits per heavy atom. The van der Waals surface area contributed by atoms with Crippen molar-refractivity contribution in [1.29, 1.82) is 0 Å². The first-order valence-corrected chi connectivity index (χ1v) is 6.69. The molecule has 1 N–H and O–H groups in total. The van der Waals surface area contributed by atoms with Crippen molar-refractivity contribution in [3.63, 3.8) is 0 Å². The lowest BCUT2D eigenvalue weighted by molar-refractivity contribution is 0.265. The minimum Gasteiger partial charge on any atom is -0.496 e. The molecule has 96 valence electrons. The number of benzene rings is 1. The van der Waals surface area contributed by atoms with Crippen LogP contribution in [0, 0.1) is 0 Å². The van der Waals surface area contributed by atoms with Gasteiger partial charge in [0.2, 0.25) is 0 Å². The number of hydrogen-bond donors (Lipinski definition) is 1. The van der Waals surface area contributed by atoms with Gasteiger partial charge in [-0.1, -0.05) is 13.8 Å². The van der Waals surface area contributed by atoms with E-state index in [9.17, 15) is 5.11 Å². The molecule has 1 rings (SSSR count). The lowest BCUT2D eigenvalue weighted by Crippen LogP contribution is -2.19. The van der Waals surface area contributed by atoms with Crippen molar-refractivity contribution in [1.82, 2.24) is 0 Å². The topological polar surface area (TPSA) is 29.5 Å². The zero-order chi connectivity index (χ0) is 13.1. The molecule has 0 fully saturated rings. The van der Waals surface area contributed by atoms with Crippen molar-refractivity contribution < 1.29 is 9.84 Å². The van der Waals surface area contributed by atoms with Gasteiger partial charge in [-0.15, -0.1) is 11.8 Å². The monoisotopic (exact) mass is 254 g/mol. The highest BCUT2D eigenvalue weighted by molar-refractivity contribution is 8.00. The summed E-state index contributed by atoms with van der Waals surface area (Å²) >= 11 is 1.69. The highest BCUT2D eigenvalue weighted by Gasteiger charge is 2.19. The third-order valence-electron chi connectivity index (χ3n) is 2.60. The van der Waals surface area contributed by atoms with Crippen LogP contribution in [0.15, 0.2) is 23.1 Å². The number of aliphatic hydroxyl groups is 1. The van der Waals surface area contributed by atoms with E-state index in [0.29, 0.717) is 5.92 Å². The molecule has 0 spiro atoms. The van der Waals surface area contributed by atoms with Crippen LogP contribution in [0.4, 0.5) is 0 Å². The van der Waals surface area contributed by atoms with Crippen LogP contribution in [0.25, 0.3) is 0 Å². The third-order valence-corrected chi connectivity index (χ3v) is 3.77. The van der Waals surface area contributed by atoms with Crippen molar-refractivity contribution in [2.45, 2.75) is 43.3 Å². The highest BCUT2D eigenvalue weighted by Crippen LogP contribution is 2.36. The SMILES string of the molecule is COc1ccc(SC(C)(C)CO)cc1C(C)C. The molecule has 3 heteroatoms. The van der Waals surface area contributed by atoms with Crippen LogP contribution in [0.5, 0.6) is 5.75 Å². The molecule has 0 aliphatic heterocycles. The molecule has 0 unspecified atom stereocenters. The summed E-state index contributed by atoms with van der Waals surface area (Å²) in [6.07, 6.45) is 0. The minimum absolute atomic E-state index is 0.150. The third kappa shape index (κ3) is 3.93. The van der Waals surface area contributed by atoms with Gasteiger partial charge in [-0.3, -0.25) is 0 Å². The zero-order valence-corrected chi connectivity index (χ0v) is 12.1. The Morgan fingerprint density at radius 3 is 2.47 bits per heavy atom. The maximum absolute atomic E-state index is 9.29. The first-order valence-electron chi connectivity index (χ1n) is 5.87. The van der Waals surface area contributed by atoms with Crippen molar-refractivity contribution >= 4 is 11.8 Å². The van der Waals surface area contributed by atoms with Gasteiger partial charge in [0.1, 0.15) is 5.75 Å². The summed E-state index contributed by atoms with van der Waals surface area (Å²) in [5, 5.41) is 9.29. The van der Waals surface area contributed by atoms with Crippen LogP contribution in [0.3, 0.4) is 0 Å². The van der Waals surface area contributed by atoms with Gasteiger partial charge < -0.3 is 9.84 Å². The van der Waals surface area contributed by atoms with Crippen molar-refractivity contribution in [2.24, 2.45) is 0 Å². The van der Waals surface area contributed by atoms with E-state index >= 15 is 0 Å². The molecule has 0 saturated heterocycles. The first kappa shape index (κ1) is 14.4. The molecule has 0 amide bonds. The lowest BCUT2D eigenvalue weighted by Gasteiger charge is -2.22. The summed E-state index contributed by atoms with van der Waals surface area (Å²) in [5.41, 5.74) is 1.21. The number of ether oxygens (including phenoxy) is 1. The van der Waals surface area contributed by atoms with Gasteiger partial charge in [0.25, 0.3) is 0 Å². The molecule has 2 nitrogen and oxygen atoms in total. The molecular formula is C14H22O2S. The number of aliphatic hydroxyl groups excluding tert-OH is 1. The summed E-state index contributed by atoms with van der Waals surface area (Å²) in [6, 6.07) is 6.21. The zero-order valence-electron chi connectivity index (χ0n) is 11.3. The van der Waals surface area contributed by atoms with Crippen molar-refractivity contribution in [3.8, 4) is 5.75 Å². The molecule has 0 aliphatic carbocycles. The van der Waals surface area contributed by atoms with Gasteiger partial charge in [0, 0.05) is 9.64 Å². The molecule has 0 aromatic heterocycles. The second-order valence-corrected chi connectivity index (χ2v) is 6.86. The predicted octanol–water partition coefficient (Wildman–Crippen LogP) is 3.68. The quantitative estimate of drug-likeness (QED) is 0.813. The van der Waals surface area contributed by atoms with Gasteiger partial charge in [-0.25, -0.2) is 0 Å². The van der Waals surface area contributed by atoms with E-state index in [1.807, 2.05) is 26.0 Å². The summed E-state index contributed by atoms with van der Waals surface area (Å²) < 4.78 is 5.21. The lowest BCUT2D eigenvalue weighted by atomic mass is 10.0. The molecular weight excluding hydrogens is 232 g/mol. The van der Waals surface area contributed by atoms with Crippen LogP contribution in [-0.2, 0) is 0 Å². The minimum atomic E-state index is -0.150. The summed E-state index contributed by atoms with van der Waals surface area (Å²) in [6.45, 7) is 8.56. The number of methoxy groups -OCH3 is 1. The van der Waals surface area contributed by atoms with E-state index in [1.165, 1.54) is 10.5 Å². The maximum Gasteiger partial charge on any atom is 0.122 e. The summed E-state index contributed by atoms with van der Waals surface area (Å²) in [7, 11) is 1.70. The number of thioether (sulfide) groups is 1. The Balaban J connectivity index is 3.00. The van der Waals surface area contributed by atoms with E-state index in [2.05, 4.69) is 19.9 Å². The predicted molar refractivity (Wildman–Crippen MR) is 74.1 cm³/mol. The molecule has 1 aromatic rings. The van der Waals surface area contributed by atoms with Crippen molar-refractivity contribution in [2.75, 3.05) is 13.7 Å². The summed E-state index contributed by atoms with van der Waals surface area (Å²) in [4.78, 5) is 1.17. The Hall–Kier alpha value is -0.670. The molecule has 0 aliphatic rings. The Labute approximate surface area is 108 Å². The van der Waals surface area contributed by atoms with Crippen molar-refractivity contribution in [3.05, 3.63) is 23.8 Å². The molecule has 1 aromatic carbocycles. The van der Waals surface area contributed by atoms with Crippen LogP contribution in [0.2, 0.25) is 0 Å². The second kappa shape index (κ2) is 5.78. The highest BCUT2D eigenvalue weighted by atomic mass is 32.2. The standard InChI is InChI=1S/C14H22O2S/c1-10(2)12-8-11(6-7-13(12)16-5)17-14(3,4)9-15/h6-8,10,15H,9H2,1-5H3. The smallest absolute Gasteiger partial charge is 0.122 e. The van der Waals surface area contributed by atoms with E-state index in [-0.39, 0.29) is 11.4 Å². The van der Waals surface area contributed by atoms with E-state index in [0.717, 1.165) is 5.75 Å². The van der Waals surface area contributed by atoms with Gasteiger partial charge in [0.15, 0.2) is 0 Å². The Bertz CT molecular complexity index is 372. The summed E-state index contributed by atoms with van der Waals surface area (Å²) in [5.74, 6) is 1.37. The van der Waals surface area contributed by atoms with Gasteiger partial charge in [-0.05, 0) is 43.5 Å². The fraction of sp³-hybridized carbons (Fsp3) is 0.571. The number of hydrogen-bond acceptors (Lipinski definition) is 3. The van der Waals surface area contributed by atoms with Crippen LogP contribution in [-0.4, -0.2) is 23.6 Å². The average molecular weight is 254 g/mol. The van der Waals surface area contributed by atoms with E-state index < -0.39 is 0 Å². The van der Waals surface area contributed by atoms with E-state index in [1.54, 1.807) is 18.9 Å². The molecule has 0 heterocycles. The Morgan fingerprint density at radius 2 is 2.00 bits per heavy atom. The average Bonchev–Trinajstić information content (AvgIpc) is 2.28. The maximum atomic E-state index is 9.29. The van der Waals surface area contributed by atoms with Crippen LogP contribution in [0.1, 0.15) is 39.2 Å². The first-order chi connectivity index (χ1) is 7.89. The molecule has 0 radical (unpaired) electrons. The molecule has 0 bridgehead atoms.